The van der Waals surface area contributed by atoms with Crippen molar-refractivity contribution in [1.82, 2.24) is 9.69 Å². The highest BCUT2D eigenvalue weighted by atomic mass is 32.1. The van der Waals surface area contributed by atoms with Gasteiger partial charge in [0.05, 0.1) is 11.3 Å². The molecule has 2 aromatic rings. The Bertz CT molecular complexity index is 516. The SMILES string of the molecule is Cc1ccc(CCNC(=O)c2csnc2C)o1. The van der Waals surface area contributed by atoms with E-state index in [0.29, 0.717) is 18.5 Å². The second-order valence-corrected chi connectivity index (χ2v) is 4.46. The van der Waals surface area contributed by atoms with Gasteiger partial charge in [0, 0.05) is 18.3 Å². The van der Waals surface area contributed by atoms with E-state index >= 15 is 0 Å². The number of hydrogen-bond acceptors (Lipinski definition) is 4. The average molecular weight is 250 g/mol. The van der Waals surface area contributed by atoms with E-state index < -0.39 is 0 Å². The topological polar surface area (TPSA) is 55.1 Å². The van der Waals surface area contributed by atoms with Crippen LogP contribution in [0, 0.1) is 13.8 Å². The standard InChI is InChI=1S/C12H14N2O2S/c1-8-3-4-10(16-8)5-6-13-12(15)11-7-17-14-9(11)2/h3-4,7H,5-6H2,1-2H3,(H,13,15). The summed E-state index contributed by atoms with van der Waals surface area (Å²) >= 11 is 1.30. The Labute approximate surface area is 104 Å². The smallest absolute Gasteiger partial charge is 0.254 e. The van der Waals surface area contributed by atoms with E-state index in [9.17, 15) is 4.79 Å². The first-order chi connectivity index (χ1) is 8.16. The molecule has 0 saturated heterocycles. The molecule has 5 heteroatoms. The number of carbonyl (C=O) groups is 1. The molecule has 17 heavy (non-hydrogen) atoms. The number of carbonyl (C=O) groups excluding carboxylic acids is 1. The molecule has 0 spiro atoms. The molecule has 0 aliphatic carbocycles. The Kier molecular flexibility index (Phi) is 3.58. The maximum Gasteiger partial charge on any atom is 0.254 e. The monoisotopic (exact) mass is 250 g/mol. The molecule has 0 unspecified atom stereocenters. The number of rotatable bonds is 4. The highest BCUT2D eigenvalue weighted by Gasteiger charge is 2.10. The van der Waals surface area contributed by atoms with Crippen molar-refractivity contribution in [2.24, 2.45) is 0 Å². The summed E-state index contributed by atoms with van der Waals surface area (Å²) < 4.78 is 9.49. The van der Waals surface area contributed by atoms with Crippen LogP contribution in [-0.4, -0.2) is 16.8 Å². The number of aromatic nitrogens is 1. The summed E-state index contributed by atoms with van der Waals surface area (Å²) in [7, 11) is 0. The van der Waals surface area contributed by atoms with Crippen LogP contribution in [0.4, 0.5) is 0 Å². The van der Waals surface area contributed by atoms with Crippen LogP contribution in [0.5, 0.6) is 0 Å². The average Bonchev–Trinajstić information content (AvgIpc) is 2.87. The summed E-state index contributed by atoms with van der Waals surface area (Å²) in [6.45, 7) is 4.31. The quantitative estimate of drug-likeness (QED) is 0.906. The third-order valence-corrected chi connectivity index (χ3v) is 3.17. The third-order valence-electron chi connectivity index (χ3n) is 2.45. The molecule has 1 amide bonds. The molecule has 0 radical (unpaired) electrons. The number of nitrogens with one attached hydrogen (secondary N) is 1. The van der Waals surface area contributed by atoms with Crippen molar-refractivity contribution in [3.8, 4) is 0 Å². The van der Waals surface area contributed by atoms with Crippen molar-refractivity contribution in [3.05, 3.63) is 40.3 Å². The summed E-state index contributed by atoms with van der Waals surface area (Å²) in [6.07, 6.45) is 0.705. The Hall–Kier alpha value is -1.62. The van der Waals surface area contributed by atoms with Gasteiger partial charge in [0.1, 0.15) is 11.5 Å². The predicted octanol–water partition coefficient (Wildman–Crippen LogP) is 2.33. The van der Waals surface area contributed by atoms with E-state index in [-0.39, 0.29) is 5.91 Å². The van der Waals surface area contributed by atoms with E-state index in [1.54, 1.807) is 5.38 Å². The number of amides is 1. The van der Waals surface area contributed by atoms with E-state index in [2.05, 4.69) is 9.69 Å². The zero-order valence-electron chi connectivity index (χ0n) is 9.82. The van der Waals surface area contributed by atoms with Gasteiger partial charge in [-0.25, -0.2) is 0 Å². The molecule has 0 aliphatic heterocycles. The lowest BCUT2D eigenvalue weighted by Gasteiger charge is -2.02. The molecule has 0 atom stereocenters. The van der Waals surface area contributed by atoms with Gasteiger partial charge in [-0.3, -0.25) is 4.79 Å². The highest BCUT2D eigenvalue weighted by Crippen LogP contribution is 2.09. The van der Waals surface area contributed by atoms with Crippen LogP contribution >= 0.6 is 11.5 Å². The fourth-order valence-corrected chi connectivity index (χ4v) is 2.22. The van der Waals surface area contributed by atoms with Crippen LogP contribution in [0.15, 0.2) is 21.9 Å². The first-order valence-electron chi connectivity index (χ1n) is 5.41. The van der Waals surface area contributed by atoms with Crippen molar-refractivity contribution in [2.75, 3.05) is 6.54 Å². The maximum atomic E-state index is 11.7. The van der Waals surface area contributed by atoms with Gasteiger partial charge in [-0.05, 0) is 37.5 Å². The number of furan rings is 1. The van der Waals surface area contributed by atoms with E-state index in [4.69, 9.17) is 4.42 Å². The summed E-state index contributed by atoms with van der Waals surface area (Å²) in [6, 6.07) is 3.85. The summed E-state index contributed by atoms with van der Waals surface area (Å²) in [4.78, 5) is 11.7. The fourth-order valence-electron chi connectivity index (χ4n) is 1.52. The third kappa shape index (κ3) is 2.94. The Morgan fingerprint density at radius 2 is 2.29 bits per heavy atom. The van der Waals surface area contributed by atoms with Gasteiger partial charge >= 0.3 is 0 Å². The molecule has 1 N–H and O–H groups in total. The number of aryl methyl sites for hydroxylation is 2. The molecule has 4 nitrogen and oxygen atoms in total. The number of hydrogen-bond donors (Lipinski definition) is 1. The minimum atomic E-state index is -0.0699. The summed E-state index contributed by atoms with van der Waals surface area (Å²) in [5.74, 6) is 1.71. The van der Waals surface area contributed by atoms with Crippen molar-refractivity contribution in [1.29, 1.82) is 0 Å². The van der Waals surface area contributed by atoms with Crippen LogP contribution in [0.3, 0.4) is 0 Å². The Morgan fingerprint density at radius 3 is 2.88 bits per heavy atom. The molecule has 0 bridgehead atoms. The largest absolute Gasteiger partial charge is 0.466 e. The molecule has 2 rings (SSSR count). The van der Waals surface area contributed by atoms with Crippen molar-refractivity contribution >= 4 is 17.4 Å². The van der Waals surface area contributed by atoms with Crippen molar-refractivity contribution < 1.29 is 9.21 Å². The molecular weight excluding hydrogens is 236 g/mol. The van der Waals surface area contributed by atoms with Crippen molar-refractivity contribution in [2.45, 2.75) is 20.3 Å². The first-order valence-corrected chi connectivity index (χ1v) is 6.25. The lowest BCUT2D eigenvalue weighted by Crippen LogP contribution is -2.25. The first kappa shape index (κ1) is 11.9. The highest BCUT2D eigenvalue weighted by molar-refractivity contribution is 7.03. The lowest BCUT2D eigenvalue weighted by molar-refractivity contribution is 0.0953. The summed E-state index contributed by atoms with van der Waals surface area (Å²) in [5, 5.41) is 4.62. The molecule has 2 aromatic heterocycles. The van der Waals surface area contributed by atoms with E-state index in [1.165, 1.54) is 11.5 Å². The minimum Gasteiger partial charge on any atom is -0.466 e. The van der Waals surface area contributed by atoms with Gasteiger partial charge in [0.25, 0.3) is 5.91 Å². The van der Waals surface area contributed by atoms with Gasteiger partial charge in [0.2, 0.25) is 0 Å². The molecule has 0 aliphatic rings. The Balaban J connectivity index is 1.83. The number of nitrogens with zero attached hydrogens (tertiary/aromatic N) is 1. The van der Waals surface area contributed by atoms with Crippen LogP contribution in [0.25, 0.3) is 0 Å². The van der Waals surface area contributed by atoms with Crippen LogP contribution < -0.4 is 5.32 Å². The summed E-state index contributed by atoms with van der Waals surface area (Å²) in [5.41, 5.74) is 1.44. The molecular formula is C12H14N2O2S. The predicted molar refractivity (Wildman–Crippen MR) is 66.3 cm³/mol. The lowest BCUT2D eigenvalue weighted by atomic mass is 10.2. The van der Waals surface area contributed by atoms with Gasteiger partial charge in [-0.1, -0.05) is 0 Å². The van der Waals surface area contributed by atoms with Gasteiger partial charge in [0.15, 0.2) is 0 Å². The molecule has 0 aromatic carbocycles. The zero-order valence-corrected chi connectivity index (χ0v) is 10.6. The van der Waals surface area contributed by atoms with E-state index in [1.807, 2.05) is 26.0 Å². The van der Waals surface area contributed by atoms with E-state index in [0.717, 1.165) is 17.2 Å². The normalized spacial score (nSPS) is 10.5. The zero-order chi connectivity index (χ0) is 12.3. The van der Waals surface area contributed by atoms with Gasteiger partial charge in [-0.2, -0.15) is 4.37 Å². The molecule has 0 fully saturated rings. The Morgan fingerprint density at radius 1 is 1.47 bits per heavy atom. The van der Waals surface area contributed by atoms with Crippen LogP contribution in [0.2, 0.25) is 0 Å². The van der Waals surface area contributed by atoms with Crippen LogP contribution in [0.1, 0.15) is 27.6 Å². The maximum absolute atomic E-state index is 11.7. The fraction of sp³-hybridized carbons (Fsp3) is 0.333. The van der Waals surface area contributed by atoms with Gasteiger partial charge in [-0.15, -0.1) is 0 Å². The van der Waals surface area contributed by atoms with Crippen molar-refractivity contribution in [3.63, 3.8) is 0 Å². The second-order valence-electron chi connectivity index (χ2n) is 3.83. The minimum absolute atomic E-state index is 0.0699. The molecule has 2 heterocycles. The molecule has 90 valence electrons. The van der Waals surface area contributed by atoms with Crippen LogP contribution in [-0.2, 0) is 6.42 Å². The second kappa shape index (κ2) is 5.14. The van der Waals surface area contributed by atoms with Gasteiger partial charge < -0.3 is 9.73 Å². The molecule has 0 saturated carbocycles.